The van der Waals surface area contributed by atoms with Crippen molar-refractivity contribution in [3.05, 3.63) is 0 Å². The lowest BCUT2D eigenvalue weighted by atomic mass is 10.2. The molecule has 0 aliphatic heterocycles. The molecule has 7 heteroatoms. The number of carbonyl (C=O) groups is 2. The number of carboxylic acid groups (broad SMARTS) is 1. The van der Waals surface area contributed by atoms with Crippen molar-refractivity contribution in [2.24, 2.45) is 0 Å². The van der Waals surface area contributed by atoms with E-state index in [1.165, 1.54) is 19.1 Å². The van der Waals surface area contributed by atoms with Gasteiger partial charge in [-0.2, -0.15) is 0 Å². The monoisotopic (exact) mass is 248 g/mol. The summed E-state index contributed by atoms with van der Waals surface area (Å²) < 4.78 is 4.73. The van der Waals surface area contributed by atoms with Crippen LogP contribution in [0.4, 0.5) is 4.79 Å². The maximum atomic E-state index is 11.5. The van der Waals surface area contributed by atoms with Gasteiger partial charge in [0.25, 0.3) is 0 Å². The lowest BCUT2D eigenvalue weighted by molar-refractivity contribution is -0.137. The molecule has 2 atom stereocenters. The Morgan fingerprint density at radius 3 is 2.53 bits per heavy atom. The number of carbonyl (C=O) groups excluding carboxylic acids is 1. The number of rotatable bonds is 7. The Hall–Kier alpha value is -1.34. The minimum atomic E-state index is -0.972. The quantitative estimate of drug-likeness (QED) is 0.564. The summed E-state index contributed by atoms with van der Waals surface area (Å²) in [5.41, 5.74) is 0. The Labute approximate surface area is 100 Å². The molecule has 0 aliphatic carbocycles. The van der Waals surface area contributed by atoms with Gasteiger partial charge in [-0.15, -0.1) is 0 Å². The second-order valence-corrected chi connectivity index (χ2v) is 3.94. The van der Waals surface area contributed by atoms with Gasteiger partial charge < -0.3 is 25.2 Å². The highest BCUT2D eigenvalue weighted by Crippen LogP contribution is 1.95. The molecule has 0 aromatic carbocycles. The third-order valence-corrected chi connectivity index (χ3v) is 2.04. The topological polar surface area (TPSA) is 99.1 Å². The molecule has 17 heavy (non-hydrogen) atoms. The zero-order valence-corrected chi connectivity index (χ0v) is 10.3. The van der Waals surface area contributed by atoms with E-state index < -0.39 is 24.1 Å². The Bertz CT molecular complexity index is 259. The third-order valence-electron chi connectivity index (χ3n) is 2.04. The number of urea groups is 1. The number of ether oxygens (including phenoxy) is 1. The zero-order valence-electron chi connectivity index (χ0n) is 10.3. The molecule has 0 aromatic heterocycles. The van der Waals surface area contributed by atoms with Gasteiger partial charge in [0.1, 0.15) is 0 Å². The van der Waals surface area contributed by atoms with Crippen LogP contribution in [0.2, 0.25) is 0 Å². The van der Waals surface area contributed by atoms with Crippen molar-refractivity contribution in [2.75, 3.05) is 27.3 Å². The highest BCUT2D eigenvalue weighted by molar-refractivity contribution is 5.75. The molecule has 0 heterocycles. The maximum Gasteiger partial charge on any atom is 0.317 e. The van der Waals surface area contributed by atoms with Crippen LogP contribution in [0.25, 0.3) is 0 Å². The van der Waals surface area contributed by atoms with E-state index in [-0.39, 0.29) is 19.6 Å². The molecule has 0 fully saturated rings. The fraction of sp³-hybridized carbons (Fsp3) is 0.800. The van der Waals surface area contributed by atoms with Gasteiger partial charge in [-0.1, -0.05) is 0 Å². The lowest BCUT2D eigenvalue weighted by Gasteiger charge is -2.22. The molecule has 0 spiro atoms. The van der Waals surface area contributed by atoms with E-state index in [4.69, 9.17) is 9.84 Å². The number of nitrogens with zero attached hydrogens (tertiary/aromatic N) is 1. The number of carboxylic acids is 1. The smallest absolute Gasteiger partial charge is 0.317 e. The van der Waals surface area contributed by atoms with Crippen molar-refractivity contribution in [3.63, 3.8) is 0 Å². The van der Waals surface area contributed by atoms with Crippen LogP contribution >= 0.6 is 0 Å². The summed E-state index contributed by atoms with van der Waals surface area (Å²) in [5.74, 6) is -0.972. The first kappa shape index (κ1) is 15.7. The van der Waals surface area contributed by atoms with Crippen molar-refractivity contribution >= 4 is 12.0 Å². The molecule has 3 N–H and O–H groups in total. The molecule has 0 aliphatic rings. The number of nitrogens with one attached hydrogen (secondary N) is 1. The van der Waals surface area contributed by atoms with Gasteiger partial charge in [0, 0.05) is 20.2 Å². The molecule has 100 valence electrons. The Morgan fingerprint density at radius 2 is 2.06 bits per heavy atom. The van der Waals surface area contributed by atoms with E-state index in [0.29, 0.717) is 0 Å². The van der Waals surface area contributed by atoms with E-state index in [0.717, 1.165) is 0 Å². The average molecular weight is 248 g/mol. The summed E-state index contributed by atoms with van der Waals surface area (Å²) in [7, 11) is 2.97. The van der Waals surface area contributed by atoms with Gasteiger partial charge in [-0.05, 0) is 6.92 Å². The summed E-state index contributed by atoms with van der Waals surface area (Å²) in [6, 6.07) is -0.879. The molecular formula is C10H20N2O5. The number of hydrogen-bond acceptors (Lipinski definition) is 4. The molecule has 0 radical (unpaired) electrons. The maximum absolute atomic E-state index is 11.5. The molecule has 0 saturated carbocycles. The summed E-state index contributed by atoms with van der Waals surface area (Å²) >= 11 is 0. The number of aliphatic hydroxyl groups is 1. The minimum Gasteiger partial charge on any atom is -0.481 e. The number of likely N-dealkylation sites (N-methyl/N-ethyl adjacent to an activating group) is 1. The van der Waals surface area contributed by atoms with E-state index in [1.807, 2.05) is 0 Å². The molecule has 0 saturated heterocycles. The molecule has 0 rings (SSSR count). The van der Waals surface area contributed by atoms with Gasteiger partial charge in [0.05, 0.1) is 25.7 Å². The molecule has 7 nitrogen and oxygen atoms in total. The molecule has 0 bridgehead atoms. The fourth-order valence-corrected chi connectivity index (χ4v) is 1.28. The van der Waals surface area contributed by atoms with Crippen LogP contribution < -0.4 is 5.32 Å². The van der Waals surface area contributed by atoms with Crippen LogP contribution in [0.15, 0.2) is 0 Å². The minimum absolute atomic E-state index is 0.124. The summed E-state index contributed by atoms with van der Waals surface area (Å²) in [6.45, 7) is 1.87. The van der Waals surface area contributed by atoms with E-state index in [9.17, 15) is 14.7 Å². The summed E-state index contributed by atoms with van der Waals surface area (Å²) in [5, 5.41) is 20.4. The van der Waals surface area contributed by atoms with Crippen LogP contribution in [-0.4, -0.2) is 66.6 Å². The standard InChI is InChI=1S/C10H20N2O5/c1-7(4-9(14)15)11-10(16)12(2)5-8(13)6-17-3/h7-8,13H,4-6H2,1-3H3,(H,11,16)(H,14,15). The second-order valence-electron chi connectivity index (χ2n) is 3.94. The van der Waals surface area contributed by atoms with Crippen molar-refractivity contribution in [3.8, 4) is 0 Å². The van der Waals surface area contributed by atoms with Gasteiger partial charge in [0.2, 0.25) is 0 Å². The lowest BCUT2D eigenvalue weighted by Crippen LogP contribution is -2.45. The van der Waals surface area contributed by atoms with E-state index in [2.05, 4.69) is 5.32 Å². The number of methoxy groups -OCH3 is 1. The SMILES string of the molecule is COCC(O)CN(C)C(=O)NC(C)CC(=O)O. The van der Waals surface area contributed by atoms with Crippen LogP contribution in [0.1, 0.15) is 13.3 Å². The Kier molecular flexibility index (Phi) is 7.24. The largest absolute Gasteiger partial charge is 0.481 e. The predicted octanol–water partition coefficient (Wildman–Crippen LogP) is -0.502. The molecular weight excluding hydrogens is 228 g/mol. The summed E-state index contributed by atoms with van der Waals surface area (Å²) in [6.07, 6.45) is -0.897. The Morgan fingerprint density at radius 1 is 1.47 bits per heavy atom. The highest BCUT2D eigenvalue weighted by atomic mass is 16.5. The van der Waals surface area contributed by atoms with E-state index in [1.54, 1.807) is 6.92 Å². The fourth-order valence-electron chi connectivity index (χ4n) is 1.28. The van der Waals surface area contributed by atoms with Gasteiger partial charge >= 0.3 is 12.0 Å². The number of amides is 2. The normalized spacial score (nSPS) is 13.9. The second kappa shape index (κ2) is 7.86. The molecule has 0 aromatic rings. The predicted molar refractivity (Wildman–Crippen MR) is 60.8 cm³/mol. The van der Waals surface area contributed by atoms with Crippen LogP contribution in [0.5, 0.6) is 0 Å². The Balaban J connectivity index is 4.00. The van der Waals surface area contributed by atoms with Gasteiger partial charge in [-0.25, -0.2) is 4.79 Å². The van der Waals surface area contributed by atoms with Crippen molar-refractivity contribution in [2.45, 2.75) is 25.5 Å². The van der Waals surface area contributed by atoms with Gasteiger partial charge in [-0.3, -0.25) is 4.79 Å². The van der Waals surface area contributed by atoms with Crippen LogP contribution in [0.3, 0.4) is 0 Å². The molecule has 2 amide bonds. The number of hydrogen-bond donors (Lipinski definition) is 3. The number of aliphatic carboxylic acids is 1. The third kappa shape index (κ3) is 7.53. The van der Waals surface area contributed by atoms with Crippen molar-refractivity contribution in [1.29, 1.82) is 0 Å². The van der Waals surface area contributed by atoms with Crippen molar-refractivity contribution < 1.29 is 24.5 Å². The zero-order chi connectivity index (χ0) is 13.4. The van der Waals surface area contributed by atoms with Gasteiger partial charge in [0.15, 0.2) is 0 Å². The highest BCUT2D eigenvalue weighted by Gasteiger charge is 2.16. The molecule has 2 unspecified atom stereocenters. The first-order valence-electron chi connectivity index (χ1n) is 5.27. The first-order valence-corrected chi connectivity index (χ1v) is 5.27. The first-order chi connectivity index (χ1) is 7.86. The average Bonchev–Trinajstić information content (AvgIpc) is 2.15. The van der Waals surface area contributed by atoms with Crippen LogP contribution in [-0.2, 0) is 9.53 Å². The number of aliphatic hydroxyl groups excluding tert-OH is 1. The summed E-state index contributed by atoms with van der Waals surface area (Å²) in [4.78, 5) is 23.2. The van der Waals surface area contributed by atoms with Crippen LogP contribution in [0, 0.1) is 0 Å². The van der Waals surface area contributed by atoms with E-state index >= 15 is 0 Å². The van der Waals surface area contributed by atoms with Crippen molar-refractivity contribution in [1.82, 2.24) is 10.2 Å².